The van der Waals surface area contributed by atoms with Crippen molar-refractivity contribution >= 4 is 13.8 Å². The van der Waals surface area contributed by atoms with Crippen molar-refractivity contribution in [2.45, 2.75) is 187 Å². The summed E-state index contributed by atoms with van der Waals surface area (Å²) in [4.78, 5) is 23.0. The number of quaternary nitrogens is 1. The Morgan fingerprint density at radius 1 is 0.463 bits per heavy atom. The summed E-state index contributed by atoms with van der Waals surface area (Å²) >= 11 is 0. The van der Waals surface area contributed by atoms with Gasteiger partial charge in [-0.05, 0) is 103 Å². The van der Waals surface area contributed by atoms with Crippen molar-refractivity contribution in [1.29, 1.82) is 0 Å². The molecule has 0 aromatic rings. The van der Waals surface area contributed by atoms with Crippen LogP contribution < -0.4 is 0 Å². The molecule has 0 fully saturated rings. The number of phosphoric acid groups is 1. The number of carbonyl (C=O) groups excluding carboxylic acids is 1. The van der Waals surface area contributed by atoms with Gasteiger partial charge in [0.1, 0.15) is 19.3 Å². The van der Waals surface area contributed by atoms with Gasteiger partial charge in [-0.15, -0.1) is 0 Å². The van der Waals surface area contributed by atoms with Gasteiger partial charge in [0.2, 0.25) is 0 Å². The monoisotopic (exact) mass is 953 g/mol. The van der Waals surface area contributed by atoms with E-state index in [1.54, 1.807) is 0 Å². The molecule has 2 atom stereocenters. The van der Waals surface area contributed by atoms with Crippen LogP contribution in [0.5, 0.6) is 0 Å². The summed E-state index contributed by atoms with van der Waals surface area (Å²) in [5, 5.41) is 0. The third-order valence-corrected chi connectivity index (χ3v) is 11.5. The van der Waals surface area contributed by atoms with Crippen LogP contribution in [0.15, 0.2) is 122 Å². The molecule has 0 rings (SSSR count). The second-order valence-electron chi connectivity index (χ2n) is 18.1. The minimum atomic E-state index is -4.30. The molecule has 0 spiro atoms. The average molecular weight is 953 g/mol. The fourth-order valence-electron chi connectivity index (χ4n) is 6.55. The van der Waals surface area contributed by atoms with Gasteiger partial charge in [0.25, 0.3) is 0 Å². The molecule has 0 aliphatic carbocycles. The van der Waals surface area contributed by atoms with E-state index in [9.17, 15) is 14.3 Å². The Balaban J connectivity index is 4.21. The van der Waals surface area contributed by atoms with E-state index >= 15 is 0 Å². The first-order valence-electron chi connectivity index (χ1n) is 26.3. The molecule has 0 aliphatic rings. The van der Waals surface area contributed by atoms with E-state index in [0.29, 0.717) is 17.6 Å². The predicted octanol–water partition coefficient (Wildman–Crippen LogP) is 16.5. The van der Waals surface area contributed by atoms with Crippen molar-refractivity contribution in [1.82, 2.24) is 0 Å². The maximum atomic E-state index is 12.8. The highest BCUT2D eigenvalue weighted by molar-refractivity contribution is 7.47. The Hall–Kier alpha value is -3.10. The zero-order chi connectivity index (χ0) is 49.0. The Bertz CT molecular complexity index is 1480. The van der Waals surface area contributed by atoms with Gasteiger partial charge in [0.05, 0.1) is 34.4 Å². The third-order valence-electron chi connectivity index (χ3n) is 10.5. The van der Waals surface area contributed by atoms with Gasteiger partial charge >= 0.3 is 13.8 Å². The van der Waals surface area contributed by atoms with E-state index in [0.717, 1.165) is 103 Å². The van der Waals surface area contributed by atoms with Crippen LogP contribution in [0.3, 0.4) is 0 Å². The second-order valence-corrected chi connectivity index (χ2v) is 19.6. The van der Waals surface area contributed by atoms with Crippen LogP contribution in [0.25, 0.3) is 0 Å². The summed E-state index contributed by atoms with van der Waals surface area (Å²) in [6, 6.07) is 0. The molecule has 2 unspecified atom stereocenters. The molecule has 8 nitrogen and oxygen atoms in total. The molecule has 0 heterocycles. The standard InChI is InChI=1S/C58H98NO7P/c1-6-8-10-12-14-16-18-20-22-24-26-27-28-29-30-31-32-34-36-38-40-42-44-46-48-50-53-63-55-57(56-65-67(61,62)64-54-52-59(3,4)5)66-58(60)51-49-47-45-43-41-39-37-35-33-25-23-21-19-17-15-13-11-9-7-2/h8-11,14-17,20-23,26-27,29-30,33,35,39,41,57H,6-7,12-13,18-19,24-25,28,31-32,34,36-38,40,42-56H2,1-5H3/p+1/b10-8-,11-9-,16-14-,17-15-,22-20-,23-21-,27-26-,30-29-,35-33-,41-39-. The molecule has 67 heavy (non-hydrogen) atoms. The van der Waals surface area contributed by atoms with E-state index in [-0.39, 0.29) is 32.2 Å². The molecule has 0 saturated heterocycles. The number of rotatable bonds is 47. The van der Waals surface area contributed by atoms with E-state index in [2.05, 4.69) is 135 Å². The summed E-state index contributed by atoms with van der Waals surface area (Å²) in [5.74, 6) is -0.351. The van der Waals surface area contributed by atoms with Crippen LogP contribution in [-0.2, 0) is 27.9 Å². The molecule has 1 N–H and O–H groups in total. The Morgan fingerprint density at radius 3 is 1.22 bits per heavy atom. The number of hydrogen-bond acceptors (Lipinski definition) is 6. The average Bonchev–Trinajstić information content (AvgIpc) is 3.29. The molecule has 0 bridgehead atoms. The quantitative estimate of drug-likeness (QED) is 0.0214. The number of esters is 1. The second kappa shape index (κ2) is 49.3. The summed E-state index contributed by atoms with van der Waals surface area (Å²) < 4.78 is 35.1. The molecule has 0 amide bonds. The van der Waals surface area contributed by atoms with Crippen molar-refractivity contribution in [2.75, 3.05) is 54.1 Å². The first-order chi connectivity index (χ1) is 32.6. The lowest BCUT2D eigenvalue weighted by Crippen LogP contribution is -2.37. The smallest absolute Gasteiger partial charge is 0.457 e. The Labute approximate surface area is 412 Å². The summed E-state index contributed by atoms with van der Waals surface area (Å²) in [7, 11) is 1.62. The highest BCUT2D eigenvalue weighted by Gasteiger charge is 2.26. The minimum Gasteiger partial charge on any atom is -0.457 e. The van der Waals surface area contributed by atoms with Crippen LogP contribution in [0, 0.1) is 0 Å². The first-order valence-corrected chi connectivity index (χ1v) is 27.8. The first kappa shape index (κ1) is 63.9. The minimum absolute atomic E-state index is 0.0737. The van der Waals surface area contributed by atoms with Gasteiger partial charge in [0, 0.05) is 13.0 Å². The van der Waals surface area contributed by atoms with Crippen LogP contribution in [0.2, 0.25) is 0 Å². The molecule has 0 aliphatic heterocycles. The van der Waals surface area contributed by atoms with Crippen LogP contribution >= 0.6 is 7.82 Å². The molecule has 0 aromatic carbocycles. The van der Waals surface area contributed by atoms with Gasteiger partial charge in [-0.25, -0.2) is 4.57 Å². The molecule has 0 saturated carbocycles. The van der Waals surface area contributed by atoms with Crippen molar-refractivity contribution in [3.8, 4) is 0 Å². The predicted molar refractivity (Wildman–Crippen MR) is 288 cm³/mol. The fourth-order valence-corrected chi connectivity index (χ4v) is 7.29. The van der Waals surface area contributed by atoms with Crippen molar-refractivity contribution in [3.63, 3.8) is 0 Å². The Kier molecular flexibility index (Phi) is 47.0. The number of carbonyl (C=O) groups is 1. The van der Waals surface area contributed by atoms with Crippen molar-refractivity contribution < 1.29 is 37.3 Å². The molecule has 9 heteroatoms. The molecular weight excluding hydrogens is 854 g/mol. The van der Waals surface area contributed by atoms with Gasteiger partial charge < -0.3 is 18.9 Å². The number of unbranched alkanes of at least 4 members (excludes halogenated alkanes) is 13. The normalized spacial score (nSPS) is 14.5. The zero-order valence-corrected chi connectivity index (χ0v) is 44.2. The van der Waals surface area contributed by atoms with E-state index in [1.165, 1.54) is 57.8 Å². The van der Waals surface area contributed by atoms with Crippen molar-refractivity contribution in [3.05, 3.63) is 122 Å². The highest BCUT2D eigenvalue weighted by Crippen LogP contribution is 2.43. The molecule has 0 radical (unpaired) electrons. The SMILES string of the molecule is CC/C=C\C/C=C\C/C=C\C/C=C\C/C=C\CCCCCCCCCCCCOCC(COP(=O)(O)OCC[N+](C)(C)C)OC(=O)CCCCC/C=C\C/C=C\C/C=C\C/C=C\C/C=C\CC. The number of allylic oxidation sites excluding steroid dienone is 20. The number of ether oxygens (including phenoxy) is 2. The highest BCUT2D eigenvalue weighted by atomic mass is 31.2. The summed E-state index contributed by atoms with van der Waals surface area (Å²) in [6.45, 7) is 5.31. The summed E-state index contributed by atoms with van der Waals surface area (Å²) in [6.07, 6.45) is 71.1. The largest absolute Gasteiger partial charge is 0.472 e. The fraction of sp³-hybridized carbons (Fsp3) is 0.638. The summed E-state index contributed by atoms with van der Waals surface area (Å²) in [5.41, 5.74) is 0. The van der Waals surface area contributed by atoms with E-state index in [1.807, 2.05) is 21.1 Å². The number of nitrogens with zero attached hydrogens (tertiary/aromatic N) is 1. The lowest BCUT2D eigenvalue weighted by atomic mass is 10.1. The third kappa shape index (κ3) is 53.7. The molecule has 382 valence electrons. The van der Waals surface area contributed by atoms with Gasteiger partial charge in [-0.3, -0.25) is 13.8 Å². The van der Waals surface area contributed by atoms with Gasteiger partial charge in [-0.1, -0.05) is 193 Å². The molecule has 0 aromatic heterocycles. The van der Waals surface area contributed by atoms with Gasteiger partial charge in [-0.2, -0.15) is 0 Å². The van der Waals surface area contributed by atoms with Gasteiger partial charge in [0.15, 0.2) is 0 Å². The lowest BCUT2D eigenvalue weighted by Gasteiger charge is -2.24. The maximum absolute atomic E-state index is 12.8. The maximum Gasteiger partial charge on any atom is 0.472 e. The molecular formula is C58H99NO7P+. The number of likely N-dealkylation sites (N-methyl/N-ethyl adjacent to an activating group) is 1. The lowest BCUT2D eigenvalue weighted by molar-refractivity contribution is -0.870. The number of hydrogen-bond donors (Lipinski definition) is 1. The van der Waals surface area contributed by atoms with Crippen LogP contribution in [-0.4, -0.2) is 75.6 Å². The van der Waals surface area contributed by atoms with E-state index in [4.69, 9.17) is 18.5 Å². The van der Waals surface area contributed by atoms with Crippen LogP contribution in [0.4, 0.5) is 0 Å². The Morgan fingerprint density at radius 2 is 0.821 bits per heavy atom. The topological polar surface area (TPSA) is 91.3 Å². The van der Waals surface area contributed by atoms with Crippen LogP contribution in [0.1, 0.15) is 181 Å². The van der Waals surface area contributed by atoms with Crippen molar-refractivity contribution in [2.24, 2.45) is 0 Å². The number of phosphoric ester groups is 1. The van der Waals surface area contributed by atoms with E-state index < -0.39 is 13.9 Å². The zero-order valence-electron chi connectivity index (χ0n) is 43.3.